The molecule has 1 aromatic carbocycles. The van der Waals surface area contributed by atoms with Crippen LogP contribution in [0.1, 0.15) is 35.7 Å². The third kappa shape index (κ3) is 5.60. The lowest BCUT2D eigenvalue weighted by atomic mass is 9.98. The molecule has 1 amide bonds. The van der Waals surface area contributed by atoms with Gasteiger partial charge in [0.25, 0.3) is 11.6 Å². The molecule has 3 heterocycles. The second kappa shape index (κ2) is 10.2. The van der Waals surface area contributed by atoms with E-state index in [0.717, 1.165) is 69.2 Å². The molecular weight excluding hydrogens is 420 g/mol. The number of nitro benzene ring substituents is 1. The van der Waals surface area contributed by atoms with Gasteiger partial charge in [0.05, 0.1) is 16.2 Å². The number of aromatic nitrogens is 1. The highest BCUT2D eigenvalue weighted by molar-refractivity contribution is 6.00. The SMILES string of the molecule is CC1CCN(c2ccc([N+](=O)[O-])cc2C(=O)NCc2ccc(N3CCN(C)CC3)nc2)CC1. The Morgan fingerprint density at radius 3 is 2.45 bits per heavy atom. The molecule has 2 saturated heterocycles. The van der Waals surface area contributed by atoms with Crippen LogP contribution in [0.25, 0.3) is 0 Å². The summed E-state index contributed by atoms with van der Waals surface area (Å²) in [5.74, 6) is 1.28. The van der Waals surface area contributed by atoms with Crippen molar-refractivity contribution in [2.24, 2.45) is 5.92 Å². The molecule has 0 radical (unpaired) electrons. The van der Waals surface area contributed by atoms with Crippen LogP contribution < -0.4 is 15.1 Å². The average molecular weight is 453 g/mol. The number of anilines is 2. The molecular formula is C24H32N6O3. The van der Waals surface area contributed by atoms with Gasteiger partial charge in [-0.1, -0.05) is 13.0 Å². The summed E-state index contributed by atoms with van der Waals surface area (Å²) in [6, 6.07) is 8.53. The Morgan fingerprint density at radius 1 is 1.09 bits per heavy atom. The van der Waals surface area contributed by atoms with Crippen molar-refractivity contribution >= 4 is 23.1 Å². The monoisotopic (exact) mass is 452 g/mol. The number of rotatable bonds is 6. The van der Waals surface area contributed by atoms with Gasteiger partial charge in [-0.3, -0.25) is 14.9 Å². The van der Waals surface area contributed by atoms with Gasteiger partial charge >= 0.3 is 0 Å². The van der Waals surface area contributed by atoms with E-state index in [-0.39, 0.29) is 11.6 Å². The van der Waals surface area contributed by atoms with Crippen LogP contribution in [0, 0.1) is 16.0 Å². The molecule has 0 saturated carbocycles. The Labute approximate surface area is 194 Å². The van der Waals surface area contributed by atoms with Crippen molar-refractivity contribution in [1.82, 2.24) is 15.2 Å². The van der Waals surface area contributed by atoms with E-state index in [1.165, 1.54) is 12.1 Å². The van der Waals surface area contributed by atoms with E-state index in [2.05, 4.69) is 39.0 Å². The predicted octanol–water partition coefficient (Wildman–Crippen LogP) is 2.91. The van der Waals surface area contributed by atoms with Gasteiger partial charge in [0, 0.05) is 64.1 Å². The maximum Gasteiger partial charge on any atom is 0.270 e. The van der Waals surface area contributed by atoms with E-state index in [9.17, 15) is 14.9 Å². The third-order valence-corrected chi connectivity index (χ3v) is 6.65. The van der Waals surface area contributed by atoms with Gasteiger partial charge in [0.1, 0.15) is 5.82 Å². The fraction of sp³-hybridized carbons (Fsp3) is 0.500. The number of piperazine rings is 1. The lowest BCUT2D eigenvalue weighted by Crippen LogP contribution is -2.44. The van der Waals surface area contributed by atoms with Gasteiger partial charge in [-0.05, 0) is 43.5 Å². The summed E-state index contributed by atoms with van der Waals surface area (Å²) < 4.78 is 0. The van der Waals surface area contributed by atoms with Gasteiger partial charge in [-0.2, -0.15) is 0 Å². The molecule has 0 bridgehead atoms. The number of hydrogen-bond donors (Lipinski definition) is 1. The minimum atomic E-state index is -0.458. The second-order valence-corrected chi connectivity index (χ2v) is 9.13. The van der Waals surface area contributed by atoms with E-state index in [4.69, 9.17) is 0 Å². The van der Waals surface area contributed by atoms with Crippen LogP contribution in [-0.2, 0) is 6.54 Å². The number of likely N-dealkylation sites (N-methyl/N-ethyl adjacent to an activating group) is 1. The van der Waals surface area contributed by atoms with E-state index < -0.39 is 4.92 Å². The van der Waals surface area contributed by atoms with Crippen molar-refractivity contribution in [2.75, 3.05) is 56.1 Å². The van der Waals surface area contributed by atoms with Gasteiger partial charge in [0.2, 0.25) is 0 Å². The molecule has 0 spiro atoms. The average Bonchev–Trinajstić information content (AvgIpc) is 2.83. The fourth-order valence-electron chi connectivity index (χ4n) is 4.37. The summed E-state index contributed by atoms with van der Waals surface area (Å²) in [6.07, 6.45) is 3.88. The molecule has 1 aromatic heterocycles. The first-order valence-corrected chi connectivity index (χ1v) is 11.6. The minimum Gasteiger partial charge on any atom is -0.371 e. The van der Waals surface area contributed by atoms with Gasteiger partial charge in [0.15, 0.2) is 0 Å². The van der Waals surface area contributed by atoms with E-state index >= 15 is 0 Å². The first-order chi connectivity index (χ1) is 15.9. The molecule has 4 rings (SSSR count). The number of nitrogens with zero attached hydrogens (tertiary/aromatic N) is 5. The van der Waals surface area contributed by atoms with Crippen molar-refractivity contribution < 1.29 is 9.72 Å². The molecule has 33 heavy (non-hydrogen) atoms. The molecule has 176 valence electrons. The summed E-state index contributed by atoms with van der Waals surface area (Å²) in [6.45, 7) is 8.16. The number of piperidine rings is 1. The Balaban J connectivity index is 1.44. The zero-order chi connectivity index (χ0) is 23.4. The van der Waals surface area contributed by atoms with Crippen LogP contribution in [0.15, 0.2) is 36.5 Å². The number of pyridine rings is 1. The largest absolute Gasteiger partial charge is 0.371 e. The van der Waals surface area contributed by atoms with E-state index in [1.807, 2.05) is 12.1 Å². The fourth-order valence-corrected chi connectivity index (χ4v) is 4.37. The summed E-state index contributed by atoms with van der Waals surface area (Å²) in [4.78, 5) is 35.2. The Kier molecular flexibility index (Phi) is 7.08. The number of non-ortho nitro benzene ring substituents is 1. The number of hydrogen-bond acceptors (Lipinski definition) is 7. The molecule has 2 aromatic rings. The molecule has 9 heteroatoms. The molecule has 9 nitrogen and oxygen atoms in total. The van der Waals surface area contributed by atoms with Crippen molar-refractivity contribution in [2.45, 2.75) is 26.3 Å². The Morgan fingerprint density at radius 2 is 1.82 bits per heavy atom. The molecule has 0 atom stereocenters. The Bertz CT molecular complexity index is 980. The van der Waals surface area contributed by atoms with Gasteiger partial charge < -0.3 is 20.0 Å². The second-order valence-electron chi connectivity index (χ2n) is 9.13. The molecule has 2 aliphatic rings. The zero-order valence-electron chi connectivity index (χ0n) is 19.4. The topological polar surface area (TPSA) is 94.8 Å². The number of carbonyl (C=O) groups excluding carboxylic acids is 1. The van der Waals surface area contributed by atoms with E-state index in [0.29, 0.717) is 18.0 Å². The smallest absolute Gasteiger partial charge is 0.270 e. The predicted molar refractivity (Wildman–Crippen MR) is 129 cm³/mol. The van der Waals surface area contributed by atoms with Crippen molar-refractivity contribution in [3.63, 3.8) is 0 Å². The maximum absolute atomic E-state index is 13.1. The van der Waals surface area contributed by atoms with Gasteiger partial charge in [-0.25, -0.2) is 4.98 Å². The van der Waals surface area contributed by atoms with Gasteiger partial charge in [-0.15, -0.1) is 0 Å². The van der Waals surface area contributed by atoms with Crippen molar-refractivity contribution in [1.29, 1.82) is 0 Å². The third-order valence-electron chi connectivity index (χ3n) is 6.65. The number of benzene rings is 1. The standard InChI is InChI=1S/C24H32N6O3/c1-18-7-9-28(10-8-18)22-5-4-20(30(32)33)15-21(22)24(31)26-17-19-3-6-23(25-16-19)29-13-11-27(2)12-14-29/h3-6,15-16,18H,7-14,17H2,1-2H3,(H,26,31). The minimum absolute atomic E-state index is 0.0764. The lowest BCUT2D eigenvalue weighted by molar-refractivity contribution is -0.384. The summed E-state index contributed by atoms with van der Waals surface area (Å²) in [5.41, 5.74) is 1.92. The van der Waals surface area contributed by atoms with Crippen LogP contribution in [0.4, 0.5) is 17.2 Å². The quantitative estimate of drug-likeness (QED) is 0.532. The van der Waals surface area contributed by atoms with Crippen molar-refractivity contribution in [3.8, 4) is 0 Å². The van der Waals surface area contributed by atoms with Crippen LogP contribution in [-0.4, -0.2) is 67.0 Å². The summed E-state index contributed by atoms with van der Waals surface area (Å²) in [5, 5.41) is 14.2. The maximum atomic E-state index is 13.1. The van der Waals surface area contributed by atoms with Crippen LogP contribution in [0.5, 0.6) is 0 Å². The molecule has 0 unspecified atom stereocenters. The highest BCUT2D eigenvalue weighted by Gasteiger charge is 2.23. The van der Waals surface area contributed by atoms with Crippen molar-refractivity contribution in [3.05, 3.63) is 57.8 Å². The van der Waals surface area contributed by atoms with E-state index in [1.54, 1.807) is 12.3 Å². The first kappa shape index (κ1) is 23.0. The molecule has 2 fully saturated rings. The normalized spacial score (nSPS) is 17.8. The highest BCUT2D eigenvalue weighted by Crippen LogP contribution is 2.29. The molecule has 2 aliphatic heterocycles. The van der Waals surface area contributed by atoms with Crippen LogP contribution >= 0.6 is 0 Å². The number of nitro groups is 1. The zero-order valence-corrected chi connectivity index (χ0v) is 19.4. The number of amides is 1. The lowest BCUT2D eigenvalue weighted by Gasteiger charge is -2.33. The summed E-state index contributed by atoms with van der Waals surface area (Å²) in [7, 11) is 2.12. The van der Waals surface area contributed by atoms with Crippen LogP contribution in [0.2, 0.25) is 0 Å². The number of carbonyl (C=O) groups is 1. The highest BCUT2D eigenvalue weighted by atomic mass is 16.6. The summed E-state index contributed by atoms with van der Waals surface area (Å²) >= 11 is 0. The first-order valence-electron chi connectivity index (χ1n) is 11.6. The molecule has 0 aliphatic carbocycles. The number of nitrogens with one attached hydrogen (secondary N) is 1. The molecule has 1 N–H and O–H groups in total. The van der Waals surface area contributed by atoms with Crippen LogP contribution in [0.3, 0.4) is 0 Å². The Hall–Kier alpha value is -3.20.